The Labute approximate surface area is 189 Å². The van der Waals surface area contributed by atoms with Gasteiger partial charge in [-0.1, -0.05) is 0 Å². The smallest absolute Gasteiger partial charge is 0.310 e. The monoisotopic (exact) mass is 440 g/mol. The highest BCUT2D eigenvalue weighted by Gasteiger charge is 2.31. The zero-order chi connectivity index (χ0) is 23.1. The fraction of sp³-hybridized carbons (Fsp3) is 0.500. The predicted molar refractivity (Wildman–Crippen MR) is 123 cm³/mol. The van der Waals surface area contributed by atoms with Gasteiger partial charge in [0.25, 0.3) is 5.91 Å². The molecule has 32 heavy (non-hydrogen) atoms. The first kappa shape index (κ1) is 23.5. The number of rotatable bonds is 8. The normalized spacial score (nSPS) is 15.9. The molecular weight excluding hydrogens is 408 g/mol. The van der Waals surface area contributed by atoms with E-state index in [-0.39, 0.29) is 17.8 Å². The maximum Gasteiger partial charge on any atom is 0.310 e. The fourth-order valence-corrected chi connectivity index (χ4v) is 3.95. The molecule has 1 fully saturated rings. The van der Waals surface area contributed by atoms with Crippen molar-refractivity contribution in [3.63, 3.8) is 0 Å². The summed E-state index contributed by atoms with van der Waals surface area (Å²) in [5, 5.41) is 0. The first-order valence-electron chi connectivity index (χ1n) is 11.2. The summed E-state index contributed by atoms with van der Waals surface area (Å²) in [5.41, 5.74) is 1.30. The molecule has 0 aliphatic carbocycles. The van der Waals surface area contributed by atoms with E-state index in [1.807, 2.05) is 38.1 Å². The Hall–Kier alpha value is -3.16. The summed E-state index contributed by atoms with van der Waals surface area (Å²) in [6, 6.07) is 7.52. The second kappa shape index (κ2) is 10.9. The van der Waals surface area contributed by atoms with Crippen LogP contribution in [-0.4, -0.2) is 66.6 Å². The Kier molecular flexibility index (Phi) is 8.03. The Balaban J connectivity index is 1.92. The van der Waals surface area contributed by atoms with Gasteiger partial charge in [-0.15, -0.1) is 0 Å². The number of hydrogen-bond donors (Lipinski definition) is 0. The Bertz CT molecular complexity index is 928. The van der Waals surface area contributed by atoms with Gasteiger partial charge in [0.1, 0.15) is 17.1 Å². The zero-order valence-corrected chi connectivity index (χ0v) is 19.3. The Morgan fingerprint density at radius 1 is 1.16 bits per heavy atom. The number of benzene rings is 1. The average Bonchev–Trinajstić information content (AvgIpc) is 2.84. The molecule has 172 valence electrons. The minimum atomic E-state index is -0.288. The summed E-state index contributed by atoms with van der Waals surface area (Å²) in [6.07, 6.45) is 3.11. The summed E-state index contributed by atoms with van der Waals surface area (Å²) in [7, 11) is 1.62. The summed E-state index contributed by atoms with van der Waals surface area (Å²) < 4.78 is 10.4. The maximum atomic E-state index is 13.5. The molecule has 0 saturated carbocycles. The van der Waals surface area contributed by atoms with Crippen LogP contribution in [0.4, 0.5) is 5.82 Å². The molecule has 1 aliphatic heterocycles. The van der Waals surface area contributed by atoms with Gasteiger partial charge >= 0.3 is 5.97 Å². The van der Waals surface area contributed by atoms with Crippen LogP contribution in [0.2, 0.25) is 0 Å². The zero-order valence-electron chi connectivity index (χ0n) is 19.3. The predicted octanol–water partition coefficient (Wildman–Crippen LogP) is 3.41. The van der Waals surface area contributed by atoms with Crippen LogP contribution in [0.5, 0.6) is 5.75 Å². The van der Waals surface area contributed by atoms with Crippen LogP contribution < -0.4 is 9.64 Å². The second-order valence-electron chi connectivity index (χ2n) is 7.67. The van der Waals surface area contributed by atoms with Crippen LogP contribution in [-0.2, 0) is 9.53 Å². The minimum absolute atomic E-state index is 0.151. The summed E-state index contributed by atoms with van der Waals surface area (Å²) >= 11 is 0. The van der Waals surface area contributed by atoms with E-state index in [9.17, 15) is 9.59 Å². The third-order valence-corrected chi connectivity index (χ3v) is 5.74. The molecular formula is C24H32N4O4. The molecule has 1 atom stereocenters. The number of amides is 1. The summed E-state index contributed by atoms with van der Waals surface area (Å²) in [4.78, 5) is 38.7. The van der Waals surface area contributed by atoms with Gasteiger partial charge in [-0.2, -0.15) is 0 Å². The molecule has 1 aliphatic rings. The van der Waals surface area contributed by atoms with Crippen molar-refractivity contribution >= 4 is 17.7 Å². The highest BCUT2D eigenvalue weighted by molar-refractivity contribution is 5.99. The molecule has 1 unspecified atom stereocenters. The number of esters is 1. The van der Waals surface area contributed by atoms with Gasteiger partial charge < -0.3 is 19.3 Å². The number of aromatic nitrogens is 2. The molecule has 8 heteroatoms. The topological polar surface area (TPSA) is 84.9 Å². The number of ether oxygens (including phenoxy) is 2. The van der Waals surface area contributed by atoms with E-state index in [2.05, 4.69) is 9.88 Å². The quantitative estimate of drug-likeness (QED) is 0.582. The highest BCUT2D eigenvalue weighted by Crippen LogP contribution is 2.27. The van der Waals surface area contributed by atoms with Gasteiger partial charge in [-0.05, 0) is 57.9 Å². The van der Waals surface area contributed by atoms with Crippen molar-refractivity contribution in [2.24, 2.45) is 5.92 Å². The van der Waals surface area contributed by atoms with Crippen molar-refractivity contribution < 1.29 is 19.1 Å². The van der Waals surface area contributed by atoms with Crippen molar-refractivity contribution in [3.05, 3.63) is 36.0 Å². The number of nitrogens with zero attached hydrogens (tertiary/aromatic N) is 4. The van der Waals surface area contributed by atoms with Crippen molar-refractivity contribution in [2.45, 2.75) is 33.6 Å². The molecule has 1 amide bonds. The van der Waals surface area contributed by atoms with Crippen molar-refractivity contribution in [2.75, 3.05) is 44.8 Å². The van der Waals surface area contributed by atoms with Gasteiger partial charge in [0.15, 0.2) is 5.82 Å². The SMILES string of the molecule is CCOC(=O)C1CCCN(C(=O)c2cnc(-c3ccc(OC)cc3)nc2N(CC)CC)C1. The maximum absolute atomic E-state index is 13.5. The Morgan fingerprint density at radius 2 is 1.88 bits per heavy atom. The van der Waals surface area contributed by atoms with Crippen molar-refractivity contribution in [3.8, 4) is 17.1 Å². The second-order valence-corrected chi connectivity index (χ2v) is 7.67. The van der Waals surface area contributed by atoms with Crippen molar-refractivity contribution in [1.82, 2.24) is 14.9 Å². The third kappa shape index (κ3) is 5.18. The molecule has 0 N–H and O–H groups in total. The molecule has 1 aromatic heterocycles. The molecule has 1 saturated heterocycles. The van der Waals surface area contributed by atoms with Gasteiger partial charge in [0.05, 0.1) is 19.6 Å². The number of carbonyl (C=O) groups is 2. The number of likely N-dealkylation sites (tertiary alicyclic amines) is 1. The number of carbonyl (C=O) groups excluding carboxylic acids is 2. The lowest BCUT2D eigenvalue weighted by atomic mass is 9.97. The molecule has 1 aromatic carbocycles. The third-order valence-electron chi connectivity index (χ3n) is 5.74. The van der Waals surface area contributed by atoms with E-state index >= 15 is 0 Å². The van der Waals surface area contributed by atoms with Gasteiger partial charge in [0, 0.05) is 37.9 Å². The first-order chi connectivity index (χ1) is 15.5. The van der Waals surface area contributed by atoms with Crippen LogP contribution >= 0.6 is 0 Å². The van der Waals surface area contributed by atoms with E-state index in [0.29, 0.717) is 50.0 Å². The van der Waals surface area contributed by atoms with E-state index in [1.165, 1.54) is 0 Å². The van der Waals surface area contributed by atoms with Crippen LogP contribution in [0.25, 0.3) is 11.4 Å². The lowest BCUT2D eigenvalue weighted by Crippen LogP contribution is -2.43. The summed E-state index contributed by atoms with van der Waals surface area (Å²) in [5.74, 6) is 1.24. The van der Waals surface area contributed by atoms with Crippen LogP contribution in [0.1, 0.15) is 44.0 Å². The average molecular weight is 441 g/mol. The van der Waals surface area contributed by atoms with Gasteiger partial charge in [-0.3, -0.25) is 9.59 Å². The fourth-order valence-electron chi connectivity index (χ4n) is 3.95. The lowest BCUT2D eigenvalue weighted by Gasteiger charge is -2.32. The minimum Gasteiger partial charge on any atom is -0.497 e. The Morgan fingerprint density at radius 3 is 2.50 bits per heavy atom. The van der Waals surface area contributed by atoms with Crippen molar-refractivity contribution in [1.29, 1.82) is 0 Å². The van der Waals surface area contributed by atoms with Gasteiger partial charge in [-0.25, -0.2) is 9.97 Å². The lowest BCUT2D eigenvalue weighted by molar-refractivity contribution is -0.149. The van der Waals surface area contributed by atoms with E-state index in [1.54, 1.807) is 25.1 Å². The molecule has 8 nitrogen and oxygen atoms in total. The number of methoxy groups -OCH3 is 1. The standard InChI is InChI=1S/C24H32N4O4/c1-5-27(6-2)22-20(15-25-21(26-22)17-10-12-19(31-4)13-11-17)23(29)28-14-8-9-18(16-28)24(30)32-7-3/h10-13,15,18H,5-9,14,16H2,1-4H3. The van der Waals surface area contributed by atoms with E-state index in [0.717, 1.165) is 24.2 Å². The molecule has 2 heterocycles. The molecule has 0 bridgehead atoms. The van der Waals surface area contributed by atoms with E-state index in [4.69, 9.17) is 14.5 Å². The van der Waals surface area contributed by atoms with Gasteiger partial charge in [0.2, 0.25) is 0 Å². The number of hydrogen-bond acceptors (Lipinski definition) is 7. The summed E-state index contributed by atoms with van der Waals surface area (Å²) in [6.45, 7) is 8.58. The van der Waals surface area contributed by atoms with Crippen LogP contribution in [0, 0.1) is 5.92 Å². The molecule has 2 aromatic rings. The van der Waals surface area contributed by atoms with E-state index < -0.39 is 0 Å². The highest BCUT2D eigenvalue weighted by atomic mass is 16.5. The molecule has 0 radical (unpaired) electrons. The molecule has 3 rings (SSSR count). The van der Waals surface area contributed by atoms with Crippen LogP contribution in [0.3, 0.4) is 0 Å². The number of piperidine rings is 1. The first-order valence-corrected chi connectivity index (χ1v) is 11.2. The molecule has 0 spiro atoms. The largest absolute Gasteiger partial charge is 0.497 e. The number of anilines is 1. The van der Waals surface area contributed by atoms with Crippen LogP contribution in [0.15, 0.2) is 30.5 Å².